The van der Waals surface area contributed by atoms with E-state index in [9.17, 15) is 4.79 Å². The van der Waals surface area contributed by atoms with Gasteiger partial charge in [0.25, 0.3) is 0 Å². The summed E-state index contributed by atoms with van der Waals surface area (Å²) in [6.07, 6.45) is 0.728. The van der Waals surface area contributed by atoms with Crippen molar-refractivity contribution in [1.29, 1.82) is 0 Å². The molecule has 0 saturated carbocycles. The first-order chi connectivity index (χ1) is 7.88. The summed E-state index contributed by atoms with van der Waals surface area (Å²) in [6.45, 7) is 0.367. The Morgan fingerprint density at radius 1 is 1.06 bits per heavy atom. The van der Waals surface area contributed by atoms with Crippen LogP contribution in [0.15, 0.2) is 48.5 Å². The molecule has 0 amide bonds. The van der Waals surface area contributed by atoms with E-state index >= 15 is 0 Å². The van der Waals surface area contributed by atoms with Crippen molar-refractivity contribution in [3.63, 3.8) is 0 Å². The van der Waals surface area contributed by atoms with Crippen molar-refractivity contribution in [2.24, 2.45) is 0 Å². The minimum atomic E-state index is 0.367. The van der Waals surface area contributed by atoms with Crippen LogP contribution >= 0.6 is 0 Å². The second-order valence-corrected chi connectivity index (χ2v) is 3.27. The minimum Gasteiger partial charge on any atom is -0.487 e. The molecule has 0 radical (unpaired) electrons. The number of benzene rings is 1. The number of hydrogen-bond acceptors (Lipinski definition) is 3. The third-order valence-corrected chi connectivity index (χ3v) is 2.08. The van der Waals surface area contributed by atoms with Gasteiger partial charge in [0.1, 0.15) is 18.1 Å². The summed E-state index contributed by atoms with van der Waals surface area (Å²) in [4.78, 5) is 14.6. The molecular formula is C13H11NO2. The van der Waals surface area contributed by atoms with Gasteiger partial charge in [-0.2, -0.15) is 0 Å². The highest BCUT2D eigenvalue weighted by Gasteiger charge is 1.98. The van der Waals surface area contributed by atoms with Gasteiger partial charge in [0.2, 0.25) is 0 Å². The van der Waals surface area contributed by atoms with Crippen LogP contribution in [0.1, 0.15) is 16.2 Å². The van der Waals surface area contributed by atoms with Gasteiger partial charge < -0.3 is 4.74 Å². The van der Waals surface area contributed by atoms with Crippen molar-refractivity contribution in [1.82, 2.24) is 4.98 Å². The third-order valence-electron chi connectivity index (χ3n) is 2.08. The van der Waals surface area contributed by atoms with Crippen molar-refractivity contribution in [3.8, 4) is 5.75 Å². The first-order valence-corrected chi connectivity index (χ1v) is 4.97. The Kier molecular flexibility index (Phi) is 3.28. The monoisotopic (exact) mass is 213 g/mol. The van der Waals surface area contributed by atoms with E-state index in [4.69, 9.17) is 4.74 Å². The molecule has 80 valence electrons. The molecule has 1 aromatic carbocycles. The Balaban J connectivity index is 2.02. The van der Waals surface area contributed by atoms with Gasteiger partial charge >= 0.3 is 0 Å². The van der Waals surface area contributed by atoms with E-state index in [-0.39, 0.29) is 0 Å². The fourth-order valence-corrected chi connectivity index (χ4v) is 1.32. The molecule has 0 aliphatic rings. The smallest absolute Gasteiger partial charge is 0.168 e. The second kappa shape index (κ2) is 5.07. The molecule has 3 heteroatoms. The number of aldehydes is 1. The Hall–Kier alpha value is -2.16. The Bertz CT molecular complexity index is 468. The Labute approximate surface area is 93.7 Å². The van der Waals surface area contributed by atoms with Gasteiger partial charge in [0.15, 0.2) is 6.29 Å². The van der Waals surface area contributed by atoms with Gasteiger partial charge in [-0.15, -0.1) is 0 Å². The topological polar surface area (TPSA) is 39.2 Å². The maximum Gasteiger partial charge on any atom is 0.168 e. The van der Waals surface area contributed by atoms with Crippen molar-refractivity contribution in [2.45, 2.75) is 6.61 Å². The normalized spacial score (nSPS) is 9.75. The van der Waals surface area contributed by atoms with Crippen molar-refractivity contribution >= 4 is 6.29 Å². The number of carbonyl (C=O) groups excluding carboxylic acids is 1. The number of para-hydroxylation sites is 1. The molecule has 0 spiro atoms. The van der Waals surface area contributed by atoms with Gasteiger partial charge in [-0.05, 0) is 24.3 Å². The van der Waals surface area contributed by atoms with Crippen LogP contribution in [-0.4, -0.2) is 11.3 Å². The van der Waals surface area contributed by atoms with Gasteiger partial charge in [0.05, 0.1) is 5.69 Å². The highest BCUT2D eigenvalue weighted by atomic mass is 16.5. The molecule has 0 bridgehead atoms. The Morgan fingerprint density at radius 3 is 2.62 bits per heavy atom. The molecule has 0 atom stereocenters. The molecule has 16 heavy (non-hydrogen) atoms. The minimum absolute atomic E-state index is 0.367. The van der Waals surface area contributed by atoms with Gasteiger partial charge in [-0.1, -0.05) is 24.3 Å². The van der Waals surface area contributed by atoms with E-state index in [1.807, 2.05) is 36.4 Å². The highest BCUT2D eigenvalue weighted by Crippen LogP contribution is 2.10. The van der Waals surface area contributed by atoms with E-state index in [1.54, 1.807) is 12.1 Å². The molecule has 0 saturated heterocycles. The number of carbonyl (C=O) groups is 1. The lowest BCUT2D eigenvalue weighted by molar-refractivity contribution is 0.111. The van der Waals surface area contributed by atoms with Crippen molar-refractivity contribution in [2.75, 3.05) is 0 Å². The van der Waals surface area contributed by atoms with E-state index in [1.165, 1.54) is 0 Å². The fraction of sp³-hybridized carbons (Fsp3) is 0.0769. The summed E-state index contributed by atoms with van der Waals surface area (Å²) in [5.41, 5.74) is 1.17. The summed E-state index contributed by atoms with van der Waals surface area (Å²) in [7, 11) is 0. The first-order valence-electron chi connectivity index (χ1n) is 4.97. The summed E-state index contributed by atoms with van der Waals surface area (Å²) in [5, 5.41) is 0. The molecule has 0 aliphatic carbocycles. The average Bonchev–Trinajstić information content (AvgIpc) is 2.38. The van der Waals surface area contributed by atoms with Crippen LogP contribution in [0.2, 0.25) is 0 Å². The lowest BCUT2D eigenvalue weighted by Crippen LogP contribution is -1.99. The fourth-order valence-electron chi connectivity index (χ4n) is 1.32. The largest absolute Gasteiger partial charge is 0.487 e. The number of hydrogen-bond donors (Lipinski definition) is 0. The van der Waals surface area contributed by atoms with Crippen LogP contribution in [0, 0.1) is 0 Å². The molecule has 1 heterocycles. The Morgan fingerprint density at radius 2 is 1.88 bits per heavy atom. The van der Waals surface area contributed by atoms with Crippen LogP contribution in [0.4, 0.5) is 0 Å². The zero-order valence-corrected chi connectivity index (χ0v) is 8.67. The number of ether oxygens (including phenoxy) is 1. The molecule has 0 unspecified atom stereocenters. The zero-order chi connectivity index (χ0) is 11.2. The quantitative estimate of drug-likeness (QED) is 0.732. The maximum atomic E-state index is 10.5. The number of pyridine rings is 1. The van der Waals surface area contributed by atoms with E-state index < -0.39 is 0 Å². The molecule has 3 nitrogen and oxygen atoms in total. The lowest BCUT2D eigenvalue weighted by atomic mass is 10.3. The molecular weight excluding hydrogens is 202 g/mol. The van der Waals surface area contributed by atoms with Gasteiger partial charge in [-0.3, -0.25) is 4.79 Å². The predicted molar refractivity (Wildman–Crippen MR) is 60.4 cm³/mol. The van der Waals surface area contributed by atoms with Crippen LogP contribution in [0.25, 0.3) is 0 Å². The first kappa shape index (κ1) is 10.4. The summed E-state index contributed by atoms with van der Waals surface area (Å²) in [5.74, 6) is 0.792. The second-order valence-electron chi connectivity index (χ2n) is 3.27. The SMILES string of the molecule is O=Cc1cccc(COc2ccccc2)n1. The molecule has 1 aromatic heterocycles. The van der Waals surface area contributed by atoms with Crippen LogP contribution < -0.4 is 4.74 Å². The number of nitrogens with zero attached hydrogens (tertiary/aromatic N) is 1. The summed E-state index contributed by atoms with van der Waals surface area (Å²) in [6, 6.07) is 14.8. The van der Waals surface area contributed by atoms with Crippen LogP contribution in [0.5, 0.6) is 5.75 Å². The van der Waals surface area contributed by atoms with Crippen LogP contribution in [-0.2, 0) is 6.61 Å². The summed E-state index contributed by atoms with van der Waals surface area (Å²) < 4.78 is 5.51. The van der Waals surface area contributed by atoms with E-state index in [2.05, 4.69) is 4.98 Å². The van der Waals surface area contributed by atoms with Gasteiger partial charge in [0, 0.05) is 0 Å². The van der Waals surface area contributed by atoms with Gasteiger partial charge in [-0.25, -0.2) is 4.98 Å². The predicted octanol–water partition coefficient (Wildman–Crippen LogP) is 2.47. The van der Waals surface area contributed by atoms with Crippen molar-refractivity contribution in [3.05, 3.63) is 59.9 Å². The average molecular weight is 213 g/mol. The van der Waals surface area contributed by atoms with Crippen LogP contribution in [0.3, 0.4) is 0 Å². The van der Waals surface area contributed by atoms with E-state index in [0.29, 0.717) is 12.3 Å². The molecule has 0 fully saturated rings. The molecule has 0 aliphatic heterocycles. The molecule has 0 N–H and O–H groups in total. The maximum absolute atomic E-state index is 10.5. The number of rotatable bonds is 4. The lowest BCUT2D eigenvalue weighted by Gasteiger charge is -2.05. The zero-order valence-electron chi connectivity index (χ0n) is 8.67. The third kappa shape index (κ3) is 2.67. The molecule has 2 aromatic rings. The van der Waals surface area contributed by atoms with Crippen molar-refractivity contribution < 1.29 is 9.53 Å². The summed E-state index contributed by atoms with van der Waals surface area (Å²) >= 11 is 0. The standard InChI is InChI=1S/C13H11NO2/c15-9-11-5-4-6-12(14-11)10-16-13-7-2-1-3-8-13/h1-9H,10H2. The van der Waals surface area contributed by atoms with E-state index in [0.717, 1.165) is 17.7 Å². The molecule has 2 rings (SSSR count). The highest BCUT2D eigenvalue weighted by molar-refractivity contribution is 5.71. The number of aromatic nitrogens is 1.